The molecule has 3 aromatic rings. The maximum atomic E-state index is 5.88. The summed E-state index contributed by atoms with van der Waals surface area (Å²) in [6.45, 7) is 0. The zero-order valence-electron chi connectivity index (χ0n) is 10.0. The van der Waals surface area contributed by atoms with E-state index in [1.165, 1.54) is 11.8 Å². The molecule has 0 aliphatic rings. The van der Waals surface area contributed by atoms with Crippen molar-refractivity contribution in [2.75, 3.05) is 12.4 Å². The Kier molecular flexibility index (Phi) is 3.27. The summed E-state index contributed by atoms with van der Waals surface area (Å²) in [6, 6.07) is 7.62. The number of nitrogens with one attached hydrogen (secondary N) is 2. The predicted molar refractivity (Wildman–Crippen MR) is 76.8 cm³/mol. The van der Waals surface area contributed by atoms with E-state index < -0.39 is 0 Å². The molecule has 0 spiro atoms. The summed E-state index contributed by atoms with van der Waals surface area (Å²) < 4.78 is 0. The van der Waals surface area contributed by atoms with Gasteiger partial charge in [-0.1, -0.05) is 23.4 Å². The Morgan fingerprint density at radius 3 is 2.74 bits per heavy atom. The van der Waals surface area contributed by atoms with Crippen molar-refractivity contribution in [3.05, 3.63) is 35.6 Å². The lowest BCUT2D eigenvalue weighted by atomic mass is 10.4. The van der Waals surface area contributed by atoms with Crippen molar-refractivity contribution in [3.63, 3.8) is 0 Å². The number of fused-ring (bicyclic) bond motifs is 1. The minimum atomic E-state index is 0.552. The Balaban J connectivity index is 2.03. The van der Waals surface area contributed by atoms with Crippen LogP contribution in [0.4, 0.5) is 5.95 Å². The molecule has 0 fully saturated rings. The normalized spacial score (nSPS) is 10.8. The van der Waals surface area contributed by atoms with Gasteiger partial charge >= 0.3 is 0 Å². The van der Waals surface area contributed by atoms with E-state index in [-0.39, 0.29) is 0 Å². The van der Waals surface area contributed by atoms with Gasteiger partial charge in [-0.25, -0.2) is 9.97 Å². The zero-order chi connectivity index (χ0) is 13.2. The van der Waals surface area contributed by atoms with Gasteiger partial charge in [0.15, 0.2) is 5.65 Å². The van der Waals surface area contributed by atoms with Crippen LogP contribution in [0, 0.1) is 0 Å². The van der Waals surface area contributed by atoms with Crippen LogP contribution in [0.5, 0.6) is 0 Å². The number of hydrogen-bond acceptors (Lipinski definition) is 5. The Bertz CT molecular complexity index is 710. The molecular weight excluding hydrogens is 282 g/mol. The SMILES string of the molecule is CNc1nc(Sc2ccc(Cl)cc2)c2[nH]cnc2n1. The number of H-pyrrole nitrogens is 1. The standard InChI is InChI=1S/C12H10ClN5S/c1-14-12-17-10-9(15-6-16-10)11(18-12)19-8-4-2-7(13)3-5-8/h2-6H,1H3,(H2,14,15,16,17,18). The van der Waals surface area contributed by atoms with E-state index in [9.17, 15) is 0 Å². The van der Waals surface area contributed by atoms with Gasteiger partial charge in [0.1, 0.15) is 10.5 Å². The third-order valence-electron chi connectivity index (χ3n) is 2.50. The fraction of sp³-hybridized carbons (Fsp3) is 0.0833. The van der Waals surface area contributed by atoms with E-state index in [2.05, 4.69) is 25.3 Å². The first kappa shape index (κ1) is 12.3. The summed E-state index contributed by atoms with van der Waals surface area (Å²) >= 11 is 7.42. The van der Waals surface area contributed by atoms with E-state index in [4.69, 9.17) is 11.6 Å². The number of imidazole rings is 1. The quantitative estimate of drug-likeness (QED) is 0.725. The molecule has 2 aromatic heterocycles. The smallest absolute Gasteiger partial charge is 0.225 e. The maximum absolute atomic E-state index is 5.88. The second-order valence-corrected chi connectivity index (χ2v) is 5.26. The van der Waals surface area contributed by atoms with Crippen molar-refractivity contribution < 1.29 is 0 Å². The molecule has 5 nitrogen and oxygen atoms in total. The van der Waals surface area contributed by atoms with Crippen LogP contribution in [0.2, 0.25) is 5.02 Å². The van der Waals surface area contributed by atoms with Gasteiger partial charge in [0.05, 0.1) is 6.33 Å². The molecule has 0 amide bonds. The van der Waals surface area contributed by atoms with Crippen LogP contribution in [-0.2, 0) is 0 Å². The fourth-order valence-corrected chi connectivity index (χ4v) is 2.61. The molecule has 2 N–H and O–H groups in total. The first-order valence-corrected chi connectivity index (χ1v) is 6.78. The molecule has 3 rings (SSSR count). The molecule has 0 aliphatic heterocycles. The largest absolute Gasteiger partial charge is 0.357 e. The Morgan fingerprint density at radius 2 is 2.00 bits per heavy atom. The highest BCUT2D eigenvalue weighted by molar-refractivity contribution is 7.99. The number of benzene rings is 1. The van der Waals surface area contributed by atoms with Crippen LogP contribution < -0.4 is 5.32 Å². The zero-order valence-corrected chi connectivity index (χ0v) is 11.6. The van der Waals surface area contributed by atoms with Crippen LogP contribution >= 0.6 is 23.4 Å². The van der Waals surface area contributed by atoms with Gasteiger partial charge in [0.25, 0.3) is 0 Å². The minimum absolute atomic E-state index is 0.552. The summed E-state index contributed by atoms with van der Waals surface area (Å²) in [5, 5.41) is 4.48. The molecule has 0 unspecified atom stereocenters. The van der Waals surface area contributed by atoms with Gasteiger partial charge in [-0.15, -0.1) is 0 Å². The van der Waals surface area contributed by atoms with Gasteiger partial charge in [-0.2, -0.15) is 4.98 Å². The maximum Gasteiger partial charge on any atom is 0.225 e. The predicted octanol–water partition coefficient (Wildman–Crippen LogP) is 3.20. The van der Waals surface area contributed by atoms with E-state index in [0.29, 0.717) is 11.6 Å². The summed E-state index contributed by atoms with van der Waals surface area (Å²) in [5.41, 5.74) is 1.48. The molecule has 7 heteroatoms. The van der Waals surface area contributed by atoms with Gasteiger partial charge in [0.2, 0.25) is 5.95 Å². The van der Waals surface area contributed by atoms with E-state index in [1.54, 1.807) is 13.4 Å². The van der Waals surface area contributed by atoms with Crippen LogP contribution in [-0.4, -0.2) is 27.0 Å². The number of nitrogens with zero attached hydrogens (tertiary/aromatic N) is 3. The highest BCUT2D eigenvalue weighted by Crippen LogP contribution is 2.31. The third kappa shape index (κ3) is 2.50. The summed E-state index contributed by atoms with van der Waals surface area (Å²) in [4.78, 5) is 17.0. The number of aromatic nitrogens is 4. The fourth-order valence-electron chi connectivity index (χ4n) is 1.61. The van der Waals surface area contributed by atoms with Gasteiger partial charge in [-0.3, -0.25) is 0 Å². The monoisotopic (exact) mass is 291 g/mol. The Hall–Kier alpha value is -1.79. The highest BCUT2D eigenvalue weighted by Gasteiger charge is 2.10. The first-order valence-electron chi connectivity index (χ1n) is 5.58. The summed E-state index contributed by atoms with van der Waals surface area (Å²) in [6.07, 6.45) is 1.62. The summed E-state index contributed by atoms with van der Waals surface area (Å²) in [5.74, 6) is 0.552. The molecule has 96 valence electrons. The summed E-state index contributed by atoms with van der Waals surface area (Å²) in [7, 11) is 1.78. The Labute approximate surface area is 118 Å². The molecule has 0 saturated carbocycles. The van der Waals surface area contributed by atoms with Gasteiger partial charge < -0.3 is 10.3 Å². The lowest BCUT2D eigenvalue weighted by Crippen LogP contribution is -1.98. The Morgan fingerprint density at radius 1 is 1.21 bits per heavy atom. The molecule has 1 aromatic carbocycles. The minimum Gasteiger partial charge on any atom is -0.357 e. The van der Waals surface area contributed by atoms with Crippen LogP contribution in [0.15, 0.2) is 40.5 Å². The number of rotatable bonds is 3. The molecule has 0 aliphatic carbocycles. The van der Waals surface area contributed by atoms with Crippen LogP contribution in [0.3, 0.4) is 0 Å². The van der Waals surface area contributed by atoms with Crippen LogP contribution in [0.25, 0.3) is 11.2 Å². The number of hydrogen-bond donors (Lipinski definition) is 2. The van der Waals surface area contributed by atoms with E-state index in [1.807, 2.05) is 24.3 Å². The van der Waals surface area contributed by atoms with Gasteiger partial charge in [-0.05, 0) is 24.3 Å². The number of halogens is 1. The van der Waals surface area contributed by atoms with Crippen molar-refractivity contribution in [1.29, 1.82) is 0 Å². The first-order chi connectivity index (χ1) is 9.26. The van der Waals surface area contributed by atoms with Crippen molar-refractivity contribution in [3.8, 4) is 0 Å². The molecule has 19 heavy (non-hydrogen) atoms. The van der Waals surface area contributed by atoms with E-state index >= 15 is 0 Å². The topological polar surface area (TPSA) is 66.5 Å². The highest BCUT2D eigenvalue weighted by atomic mass is 35.5. The molecule has 0 atom stereocenters. The lowest BCUT2D eigenvalue weighted by Gasteiger charge is -2.04. The van der Waals surface area contributed by atoms with Crippen molar-refractivity contribution >= 4 is 40.5 Å². The number of aromatic amines is 1. The second-order valence-electron chi connectivity index (χ2n) is 3.76. The molecule has 0 radical (unpaired) electrons. The van der Waals surface area contributed by atoms with Crippen molar-refractivity contribution in [1.82, 2.24) is 19.9 Å². The van der Waals surface area contributed by atoms with Gasteiger partial charge in [0, 0.05) is 17.0 Å². The lowest BCUT2D eigenvalue weighted by molar-refractivity contribution is 1.08. The average molecular weight is 292 g/mol. The van der Waals surface area contributed by atoms with E-state index in [0.717, 1.165) is 20.5 Å². The molecular formula is C12H10ClN5S. The van der Waals surface area contributed by atoms with Crippen molar-refractivity contribution in [2.45, 2.75) is 9.92 Å². The molecule has 2 heterocycles. The second kappa shape index (κ2) is 5.07. The van der Waals surface area contributed by atoms with Crippen molar-refractivity contribution in [2.24, 2.45) is 0 Å². The molecule has 0 saturated heterocycles. The number of anilines is 1. The average Bonchev–Trinajstić information content (AvgIpc) is 2.89. The van der Waals surface area contributed by atoms with Crippen LogP contribution in [0.1, 0.15) is 0 Å². The molecule has 0 bridgehead atoms. The third-order valence-corrected chi connectivity index (χ3v) is 3.75.